The number of aliphatic hydroxyl groups is 1. The Morgan fingerprint density at radius 2 is 1.93 bits per heavy atom. The molecule has 1 saturated carbocycles. The summed E-state index contributed by atoms with van der Waals surface area (Å²) < 4.78 is 71.7. The predicted molar refractivity (Wildman–Crippen MR) is 142 cm³/mol. The number of aromatic nitrogens is 3. The van der Waals surface area contributed by atoms with Gasteiger partial charge in [0.2, 0.25) is 16.0 Å². The van der Waals surface area contributed by atoms with Crippen molar-refractivity contribution >= 4 is 27.0 Å². The number of rotatable bonds is 8. The first-order valence-electron chi connectivity index (χ1n) is 13.4. The van der Waals surface area contributed by atoms with Crippen molar-refractivity contribution in [2.45, 2.75) is 68.2 Å². The van der Waals surface area contributed by atoms with Crippen LogP contribution in [0, 0.1) is 0 Å². The third kappa shape index (κ3) is 5.47. The summed E-state index contributed by atoms with van der Waals surface area (Å²) in [4.78, 5) is 22.2. The minimum Gasteiger partial charge on any atom is -0.497 e. The highest BCUT2D eigenvalue weighted by Crippen LogP contribution is 2.40. The highest BCUT2D eigenvalue weighted by Gasteiger charge is 2.40. The van der Waals surface area contributed by atoms with Crippen molar-refractivity contribution in [3.8, 4) is 11.5 Å². The molecule has 1 saturated heterocycles. The van der Waals surface area contributed by atoms with Gasteiger partial charge < -0.3 is 19.9 Å². The average Bonchev–Trinajstić information content (AvgIpc) is 3.27. The first-order valence-corrected chi connectivity index (χ1v) is 14.3. The molecule has 0 amide bonds. The van der Waals surface area contributed by atoms with Crippen molar-refractivity contribution in [3.05, 3.63) is 46.9 Å². The van der Waals surface area contributed by atoms with Gasteiger partial charge in [0.1, 0.15) is 11.4 Å². The van der Waals surface area contributed by atoms with Gasteiger partial charge in [0.05, 0.1) is 23.6 Å². The number of methoxy groups -OCH3 is 1. The number of fused-ring (bicyclic) bond motifs is 1. The summed E-state index contributed by atoms with van der Waals surface area (Å²) in [5, 5.41) is 14.4. The van der Waals surface area contributed by atoms with E-state index in [1.165, 1.54) is 29.7 Å². The predicted octanol–water partition coefficient (Wildman–Crippen LogP) is 3.14. The van der Waals surface area contributed by atoms with Crippen molar-refractivity contribution in [3.63, 3.8) is 0 Å². The summed E-state index contributed by atoms with van der Waals surface area (Å²) in [5.74, 6) is -0.0171. The topological polar surface area (TPSA) is 136 Å². The molecule has 1 aliphatic heterocycles. The molecule has 1 aliphatic carbocycles. The van der Waals surface area contributed by atoms with Gasteiger partial charge in [-0.15, -0.1) is 0 Å². The Morgan fingerprint density at radius 1 is 1.23 bits per heavy atom. The fourth-order valence-corrected chi connectivity index (χ4v) is 6.94. The summed E-state index contributed by atoms with van der Waals surface area (Å²) in [7, 11) is -2.18. The molecule has 0 unspecified atom stereocenters. The molecule has 3 heterocycles. The molecule has 2 N–H and O–H groups in total. The molecule has 0 radical (unpaired) electrons. The van der Waals surface area contributed by atoms with Crippen molar-refractivity contribution in [2.75, 3.05) is 25.5 Å². The van der Waals surface area contributed by atoms with Crippen LogP contribution >= 0.6 is 0 Å². The zero-order chi connectivity index (χ0) is 29.6. The molecule has 3 aromatic rings. The van der Waals surface area contributed by atoms with E-state index in [0.717, 1.165) is 10.6 Å². The number of hydrogen-bond donors (Lipinski definition) is 2. The normalized spacial score (nSPS) is 23.2. The molecule has 216 valence electrons. The van der Waals surface area contributed by atoms with E-state index in [-0.39, 0.29) is 41.0 Å². The lowest BCUT2D eigenvalue weighted by atomic mass is 10.00. The van der Waals surface area contributed by atoms with E-state index in [9.17, 15) is 27.1 Å². The van der Waals surface area contributed by atoms with Crippen LogP contribution < -0.4 is 20.3 Å². The van der Waals surface area contributed by atoms with Crippen molar-refractivity contribution in [2.24, 2.45) is 0 Å². The van der Waals surface area contributed by atoms with Crippen LogP contribution in [-0.4, -0.2) is 70.8 Å². The van der Waals surface area contributed by atoms with Crippen LogP contribution in [0.1, 0.15) is 46.4 Å². The Labute approximate surface area is 231 Å². The van der Waals surface area contributed by atoms with Crippen molar-refractivity contribution in [1.29, 1.82) is 0 Å². The zero-order valence-corrected chi connectivity index (χ0v) is 22.8. The largest absolute Gasteiger partial charge is 0.497 e. The minimum absolute atomic E-state index is 0.125. The summed E-state index contributed by atoms with van der Waals surface area (Å²) in [6, 6.07) is 6.33. The Kier molecular flexibility index (Phi) is 7.31. The summed E-state index contributed by atoms with van der Waals surface area (Å²) in [6.07, 6.45) is 3.71. The van der Waals surface area contributed by atoms with Crippen LogP contribution in [-0.2, 0) is 10.0 Å². The van der Waals surface area contributed by atoms with E-state index in [4.69, 9.17) is 6.11 Å². The molecular weight excluding hydrogens is 548 g/mol. The average molecular weight is 581 g/mol. The molecule has 1 aromatic carbocycles. The lowest BCUT2D eigenvalue weighted by Crippen LogP contribution is -2.42. The minimum atomic E-state index is -4.33. The lowest BCUT2D eigenvalue weighted by Gasteiger charge is -2.32. The third-order valence-corrected chi connectivity index (χ3v) is 9.51. The quantitative estimate of drug-likeness (QED) is 0.412. The van der Waals surface area contributed by atoms with Gasteiger partial charge in [0, 0.05) is 30.7 Å². The number of alkyl halides is 2. The van der Waals surface area contributed by atoms with Crippen molar-refractivity contribution in [1.82, 2.24) is 18.8 Å². The molecule has 2 atom stereocenters. The van der Waals surface area contributed by atoms with Crippen LogP contribution in [0.2, 0.25) is 0 Å². The van der Waals surface area contributed by atoms with Crippen LogP contribution in [0.3, 0.4) is 0 Å². The van der Waals surface area contributed by atoms with Gasteiger partial charge in [-0.25, -0.2) is 13.4 Å². The molecule has 2 fully saturated rings. The maximum atomic E-state index is 13.4. The van der Waals surface area contributed by atoms with Gasteiger partial charge in [-0.3, -0.25) is 9.36 Å². The molecule has 2 aliphatic rings. The molecule has 0 bridgehead atoms. The van der Waals surface area contributed by atoms with E-state index in [1.807, 2.05) is 0 Å². The van der Waals surface area contributed by atoms with Crippen molar-refractivity contribution < 1.29 is 33.1 Å². The van der Waals surface area contributed by atoms with Crippen LogP contribution in [0.5, 0.6) is 11.5 Å². The number of pyridine rings is 1. The molecular formula is C26H31F2N5O6S. The second kappa shape index (κ2) is 10.9. The number of anilines is 1. The number of nitrogens with one attached hydrogen (secondary N) is 1. The van der Waals surface area contributed by atoms with Gasteiger partial charge in [-0.05, 0) is 69.4 Å². The maximum absolute atomic E-state index is 13.4. The van der Waals surface area contributed by atoms with Crippen LogP contribution in [0.25, 0.3) is 11.0 Å². The number of piperidine rings is 1. The van der Waals surface area contributed by atoms with E-state index >= 15 is 0 Å². The second-order valence-corrected chi connectivity index (χ2v) is 12.2. The van der Waals surface area contributed by atoms with E-state index < -0.39 is 39.6 Å². The molecule has 14 heteroatoms. The highest BCUT2D eigenvalue weighted by atomic mass is 32.2. The van der Waals surface area contributed by atoms with Gasteiger partial charge in [0.25, 0.3) is 5.56 Å². The number of hydrogen-bond acceptors (Lipinski definition) is 9. The fourth-order valence-electron chi connectivity index (χ4n) is 5.47. The molecule has 2 aromatic heterocycles. The fraction of sp³-hybridized carbons (Fsp3) is 0.500. The van der Waals surface area contributed by atoms with Gasteiger partial charge in [-0.2, -0.15) is 18.1 Å². The van der Waals surface area contributed by atoms with Crippen LogP contribution in [0.4, 0.5) is 14.7 Å². The first-order chi connectivity index (χ1) is 19.3. The van der Waals surface area contributed by atoms with Gasteiger partial charge in [-0.1, -0.05) is 0 Å². The smallest absolute Gasteiger partial charge is 0.387 e. The van der Waals surface area contributed by atoms with E-state index in [1.54, 1.807) is 19.1 Å². The van der Waals surface area contributed by atoms with Crippen LogP contribution in [0.15, 0.2) is 46.2 Å². The lowest BCUT2D eigenvalue weighted by molar-refractivity contribution is -0.0513. The maximum Gasteiger partial charge on any atom is 0.387 e. The molecule has 40 heavy (non-hydrogen) atoms. The number of sulfonamides is 1. The molecule has 0 spiro atoms. The Morgan fingerprint density at radius 3 is 2.52 bits per heavy atom. The standard InChI is InChI=1S/C26H31F2N5O6S/c1-26(35)11-3-4-21(26)33-22-16(14-20(23(33)34)39-24(27)28)15-29-25(31-22)30-17-9-12-32(13-10-17)40(36,37)19-7-5-18(38-2)6-8-19/h5-8,14-15,17,21,24,35H,3-4,9-13H2,1-2H3,(H,29,30,31)/t21-,26-/m1/s1/i24D. The SMILES string of the molecule is [2H]C(F)(F)Oc1cc2cnc(NC3CCN(S(=O)(=O)c4ccc(OC)cc4)CC3)nc2n([C@@H]2CCC[C@@]2(C)O)c1=O. The summed E-state index contributed by atoms with van der Waals surface area (Å²) >= 11 is 0. The Bertz CT molecular complexity index is 1590. The van der Waals surface area contributed by atoms with E-state index in [2.05, 4.69) is 20.0 Å². The monoisotopic (exact) mass is 580 g/mol. The third-order valence-electron chi connectivity index (χ3n) is 7.60. The number of ether oxygens (including phenoxy) is 2. The first kappa shape index (κ1) is 26.8. The highest BCUT2D eigenvalue weighted by molar-refractivity contribution is 7.89. The number of halogens is 2. The Hall–Kier alpha value is -3.36. The van der Waals surface area contributed by atoms with Gasteiger partial charge >= 0.3 is 6.59 Å². The van der Waals surface area contributed by atoms with E-state index in [0.29, 0.717) is 37.9 Å². The molecule has 11 nitrogen and oxygen atoms in total. The second-order valence-electron chi connectivity index (χ2n) is 10.2. The number of benzene rings is 1. The summed E-state index contributed by atoms with van der Waals surface area (Å²) in [5.41, 5.74) is -2.10. The Balaban J connectivity index is 1.38. The van der Waals surface area contributed by atoms with Gasteiger partial charge in [0.15, 0.2) is 7.12 Å². The molecule has 5 rings (SSSR count). The summed E-state index contributed by atoms with van der Waals surface area (Å²) in [6.45, 7) is -2.24. The number of nitrogens with zero attached hydrogens (tertiary/aromatic N) is 4. The zero-order valence-electron chi connectivity index (χ0n) is 23.0.